The fourth-order valence-electron chi connectivity index (χ4n) is 2.41. The van der Waals surface area contributed by atoms with Crippen molar-refractivity contribution in [2.75, 3.05) is 0 Å². The number of halogens is 3. The molecule has 1 N–H and O–H groups in total. The molecule has 1 heterocycles. The number of nitrogens with one attached hydrogen (secondary N) is 1. The predicted octanol–water partition coefficient (Wildman–Crippen LogP) is 3.52. The van der Waals surface area contributed by atoms with Crippen molar-refractivity contribution in [3.8, 4) is 0 Å². The van der Waals surface area contributed by atoms with Gasteiger partial charge in [-0.3, -0.25) is 0 Å². The summed E-state index contributed by atoms with van der Waals surface area (Å²) in [5, 5.41) is 2.91. The van der Waals surface area contributed by atoms with Crippen LogP contribution >= 0.6 is 0 Å². The van der Waals surface area contributed by atoms with Gasteiger partial charge in [0.2, 0.25) is 0 Å². The first kappa shape index (κ1) is 12.4. The molecule has 0 radical (unpaired) electrons. The van der Waals surface area contributed by atoms with Crippen LogP contribution in [0.25, 0.3) is 0 Å². The Morgan fingerprint density at radius 2 is 2.06 bits per heavy atom. The van der Waals surface area contributed by atoms with Gasteiger partial charge >= 0.3 is 0 Å². The summed E-state index contributed by atoms with van der Waals surface area (Å²) in [7, 11) is 0. The maximum atomic E-state index is 13.7. The van der Waals surface area contributed by atoms with Gasteiger partial charge in [0.1, 0.15) is 5.82 Å². The molecule has 94 valence electrons. The normalized spacial score (nSPS) is 27.6. The van der Waals surface area contributed by atoms with Gasteiger partial charge in [0, 0.05) is 12.5 Å². The lowest BCUT2D eigenvalue weighted by molar-refractivity contribution is -0.0250. The summed E-state index contributed by atoms with van der Waals surface area (Å²) in [5.74, 6) is -3.27. The highest BCUT2D eigenvalue weighted by Crippen LogP contribution is 2.41. The van der Waals surface area contributed by atoms with Crippen molar-refractivity contribution in [2.24, 2.45) is 5.92 Å². The minimum atomic E-state index is -2.73. The smallest absolute Gasteiger partial charge is 0.265 e. The van der Waals surface area contributed by atoms with E-state index in [4.69, 9.17) is 0 Å². The van der Waals surface area contributed by atoms with Gasteiger partial charge in [-0.15, -0.1) is 0 Å². The third-order valence-corrected chi connectivity index (χ3v) is 3.23. The molecular weight excluding hydrogens is 227 g/mol. The molecular formula is C13H16F3N. The summed E-state index contributed by atoms with van der Waals surface area (Å²) in [5.41, 5.74) is 0.591. The van der Waals surface area contributed by atoms with Crippen LogP contribution in [-0.4, -0.2) is 12.0 Å². The zero-order chi connectivity index (χ0) is 12.6. The summed E-state index contributed by atoms with van der Waals surface area (Å²) >= 11 is 0. The molecule has 17 heavy (non-hydrogen) atoms. The molecule has 4 heteroatoms. The highest BCUT2D eigenvalue weighted by atomic mass is 19.3. The van der Waals surface area contributed by atoms with Crippen molar-refractivity contribution in [1.82, 2.24) is 5.32 Å². The van der Waals surface area contributed by atoms with Crippen LogP contribution in [0.2, 0.25) is 0 Å². The highest BCUT2D eigenvalue weighted by molar-refractivity contribution is 5.23. The molecule has 2 rings (SSSR count). The first-order chi connectivity index (χ1) is 7.90. The molecule has 1 aromatic rings. The quantitative estimate of drug-likeness (QED) is 0.838. The zero-order valence-electron chi connectivity index (χ0n) is 9.88. The van der Waals surface area contributed by atoms with E-state index in [1.165, 1.54) is 12.1 Å². The summed E-state index contributed by atoms with van der Waals surface area (Å²) in [6.07, 6.45) is -0.265. The Balaban J connectivity index is 2.21. The van der Waals surface area contributed by atoms with E-state index in [-0.39, 0.29) is 18.2 Å². The van der Waals surface area contributed by atoms with Crippen molar-refractivity contribution >= 4 is 0 Å². The van der Waals surface area contributed by atoms with Crippen LogP contribution in [0.15, 0.2) is 24.3 Å². The van der Waals surface area contributed by atoms with E-state index in [2.05, 4.69) is 5.32 Å². The standard InChI is InChI=1S/C13H16F3N/c1-8(2)12-13(15,16)7-11(17-12)9-4-3-5-10(14)6-9/h3-6,8,11-12,17H,7H2,1-2H3/t11-,12?/m0/s1. The molecule has 1 unspecified atom stereocenters. The molecule has 0 bridgehead atoms. The van der Waals surface area contributed by atoms with Gasteiger partial charge in [-0.25, -0.2) is 13.2 Å². The SMILES string of the molecule is CC(C)C1N[C@H](c2cccc(F)c2)CC1(F)F. The van der Waals surface area contributed by atoms with Gasteiger partial charge in [-0.2, -0.15) is 0 Å². The van der Waals surface area contributed by atoms with Crippen molar-refractivity contribution in [2.45, 2.75) is 38.3 Å². The third-order valence-electron chi connectivity index (χ3n) is 3.23. The Morgan fingerprint density at radius 1 is 1.35 bits per heavy atom. The second-order valence-corrected chi connectivity index (χ2v) is 4.96. The summed E-state index contributed by atoms with van der Waals surface area (Å²) in [4.78, 5) is 0. The second-order valence-electron chi connectivity index (χ2n) is 4.96. The fourth-order valence-corrected chi connectivity index (χ4v) is 2.41. The predicted molar refractivity (Wildman–Crippen MR) is 60.5 cm³/mol. The lowest BCUT2D eigenvalue weighted by Crippen LogP contribution is -2.40. The molecule has 0 amide bonds. The third kappa shape index (κ3) is 2.46. The Hall–Kier alpha value is -1.03. The highest BCUT2D eigenvalue weighted by Gasteiger charge is 2.49. The molecule has 1 aliphatic rings. The second kappa shape index (κ2) is 4.33. The molecule has 1 saturated heterocycles. The average Bonchev–Trinajstić information content (AvgIpc) is 2.54. The van der Waals surface area contributed by atoms with Crippen LogP contribution in [0.4, 0.5) is 13.2 Å². The largest absolute Gasteiger partial charge is 0.301 e. The molecule has 1 fully saturated rings. The Kier molecular flexibility index (Phi) is 3.17. The minimum Gasteiger partial charge on any atom is -0.301 e. The maximum Gasteiger partial charge on any atom is 0.265 e. The lowest BCUT2D eigenvalue weighted by atomic mass is 9.98. The molecule has 0 saturated carbocycles. The van der Waals surface area contributed by atoms with E-state index in [0.29, 0.717) is 5.56 Å². The van der Waals surface area contributed by atoms with Crippen molar-refractivity contribution in [3.63, 3.8) is 0 Å². The van der Waals surface area contributed by atoms with Crippen LogP contribution in [-0.2, 0) is 0 Å². The van der Waals surface area contributed by atoms with Crippen molar-refractivity contribution < 1.29 is 13.2 Å². The first-order valence-corrected chi connectivity index (χ1v) is 5.79. The Morgan fingerprint density at radius 3 is 2.59 bits per heavy atom. The van der Waals surface area contributed by atoms with Crippen LogP contribution in [0, 0.1) is 11.7 Å². The summed E-state index contributed by atoms with van der Waals surface area (Å²) in [6.45, 7) is 3.53. The number of rotatable bonds is 2. The molecule has 0 aromatic heterocycles. The van der Waals surface area contributed by atoms with Gasteiger partial charge in [0.25, 0.3) is 5.92 Å². The van der Waals surface area contributed by atoms with Crippen LogP contribution < -0.4 is 5.32 Å². The van der Waals surface area contributed by atoms with Crippen LogP contribution in [0.1, 0.15) is 31.9 Å². The molecule has 1 aliphatic heterocycles. The van der Waals surface area contributed by atoms with E-state index >= 15 is 0 Å². The molecule has 2 atom stereocenters. The van der Waals surface area contributed by atoms with E-state index in [0.717, 1.165) is 0 Å². The molecule has 0 aliphatic carbocycles. The van der Waals surface area contributed by atoms with Crippen molar-refractivity contribution in [1.29, 1.82) is 0 Å². The monoisotopic (exact) mass is 243 g/mol. The average molecular weight is 243 g/mol. The zero-order valence-corrected chi connectivity index (χ0v) is 9.88. The molecule has 1 nitrogen and oxygen atoms in total. The lowest BCUT2D eigenvalue weighted by Gasteiger charge is -2.22. The van der Waals surface area contributed by atoms with Gasteiger partial charge < -0.3 is 5.32 Å². The topological polar surface area (TPSA) is 12.0 Å². The number of hydrogen-bond acceptors (Lipinski definition) is 1. The first-order valence-electron chi connectivity index (χ1n) is 5.79. The van der Waals surface area contributed by atoms with Gasteiger partial charge in [0.05, 0.1) is 6.04 Å². The van der Waals surface area contributed by atoms with Gasteiger partial charge in [-0.1, -0.05) is 26.0 Å². The number of benzene rings is 1. The van der Waals surface area contributed by atoms with E-state index in [1.807, 2.05) is 0 Å². The molecule has 0 spiro atoms. The van der Waals surface area contributed by atoms with E-state index in [1.54, 1.807) is 26.0 Å². The van der Waals surface area contributed by atoms with E-state index < -0.39 is 18.0 Å². The van der Waals surface area contributed by atoms with Crippen LogP contribution in [0.5, 0.6) is 0 Å². The Bertz CT molecular complexity index is 403. The fraction of sp³-hybridized carbons (Fsp3) is 0.538. The molecule has 1 aromatic carbocycles. The maximum absolute atomic E-state index is 13.7. The Labute approximate surface area is 99.0 Å². The van der Waals surface area contributed by atoms with Crippen molar-refractivity contribution in [3.05, 3.63) is 35.6 Å². The number of alkyl halides is 2. The summed E-state index contributed by atoms with van der Waals surface area (Å²) < 4.78 is 40.5. The van der Waals surface area contributed by atoms with Gasteiger partial charge in [0.15, 0.2) is 0 Å². The minimum absolute atomic E-state index is 0.149. The number of hydrogen-bond donors (Lipinski definition) is 1. The van der Waals surface area contributed by atoms with Gasteiger partial charge in [-0.05, 0) is 23.6 Å². The summed E-state index contributed by atoms with van der Waals surface area (Å²) in [6, 6.07) is 4.56. The van der Waals surface area contributed by atoms with Crippen LogP contribution in [0.3, 0.4) is 0 Å². The van der Waals surface area contributed by atoms with E-state index in [9.17, 15) is 13.2 Å².